The number of hydrogen-bond donors (Lipinski definition) is 0. The van der Waals surface area contributed by atoms with E-state index in [9.17, 15) is 13.2 Å². The van der Waals surface area contributed by atoms with Gasteiger partial charge in [0, 0.05) is 13.6 Å². The highest BCUT2D eigenvalue weighted by Crippen LogP contribution is 2.27. The molecule has 1 fully saturated rings. The van der Waals surface area contributed by atoms with Crippen LogP contribution in [0.2, 0.25) is 0 Å². The second kappa shape index (κ2) is 7.01. The van der Waals surface area contributed by atoms with Crippen molar-refractivity contribution in [1.82, 2.24) is 9.21 Å². The standard InChI is InChI=1S/C18H22N2O4S/c1-14-10-11-15(24-14)13-19(2)18(21)17-9-6-12-20(17)25(22,23)16-7-4-3-5-8-16/h3-5,7-8,10-11,17H,6,9,12-13H2,1-2H3. The van der Waals surface area contributed by atoms with E-state index in [4.69, 9.17) is 4.42 Å². The second-order valence-corrected chi connectivity index (χ2v) is 8.18. The number of rotatable bonds is 5. The maximum Gasteiger partial charge on any atom is 0.243 e. The molecule has 1 aliphatic heterocycles. The molecule has 0 aliphatic carbocycles. The van der Waals surface area contributed by atoms with Crippen LogP contribution in [0.1, 0.15) is 24.4 Å². The molecule has 2 aromatic rings. The molecule has 0 spiro atoms. The van der Waals surface area contributed by atoms with Gasteiger partial charge in [0.1, 0.15) is 17.6 Å². The summed E-state index contributed by atoms with van der Waals surface area (Å²) in [4.78, 5) is 14.6. The van der Waals surface area contributed by atoms with E-state index in [2.05, 4.69) is 0 Å². The molecule has 0 saturated carbocycles. The number of sulfonamides is 1. The summed E-state index contributed by atoms with van der Waals surface area (Å²) in [6, 6.07) is 11.3. The molecule has 1 aromatic heterocycles. The van der Waals surface area contributed by atoms with Crippen LogP contribution in [-0.2, 0) is 21.4 Å². The third-order valence-corrected chi connectivity index (χ3v) is 6.33. The molecule has 6 nitrogen and oxygen atoms in total. The first kappa shape index (κ1) is 17.7. The molecule has 25 heavy (non-hydrogen) atoms. The fraction of sp³-hybridized carbons (Fsp3) is 0.389. The maximum atomic E-state index is 12.9. The summed E-state index contributed by atoms with van der Waals surface area (Å²) >= 11 is 0. The van der Waals surface area contributed by atoms with Crippen LogP contribution in [0.5, 0.6) is 0 Å². The van der Waals surface area contributed by atoms with E-state index in [0.717, 1.165) is 5.76 Å². The van der Waals surface area contributed by atoms with Gasteiger partial charge in [-0.15, -0.1) is 0 Å². The zero-order valence-electron chi connectivity index (χ0n) is 14.4. The van der Waals surface area contributed by atoms with Crippen molar-refractivity contribution in [2.75, 3.05) is 13.6 Å². The lowest BCUT2D eigenvalue weighted by molar-refractivity contribution is -0.134. The van der Waals surface area contributed by atoms with Gasteiger partial charge in [0.2, 0.25) is 15.9 Å². The van der Waals surface area contributed by atoms with Crippen molar-refractivity contribution in [2.24, 2.45) is 0 Å². The molecule has 2 heterocycles. The number of furan rings is 1. The SMILES string of the molecule is Cc1ccc(CN(C)C(=O)C2CCCN2S(=O)(=O)c2ccccc2)o1. The largest absolute Gasteiger partial charge is 0.464 e. The van der Waals surface area contributed by atoms with Gasteiger partial charge in [-0.05, 0) is 44.0 Å². The summed E-state index contributed by atoms with van der Waals surface area (Å²) in [6.45, 7) is 2.53. The fourth-order valence-electron chi connectivity index (χ4n) is 3.14. The number of likely N-dealkylation sites (N-methyl/N-ethyl adjacent to an activating group) is 1. The van der Waals surface area contributed by atoms with E-state index < -0.39 is 16.1 Å². The quantitative estimate of drug-likeness (QED) is 0.819. The van der Waals surface area contributed by atoms with E-state index in [1.165, 1.54) is 9.21 Å². The number of amides is 1. The molecule has 1 unspecified atom stereocenters. The van der Waals surface area contributed by atoms with Gasteiger partial charge < -0.3 is 9.32 Å². The molecule has 0 bridgehead atoms. The molecular formula is C18H22N2O4S. The second-order valence-electron chi connectivity index (χ2n) is 6.29. The van der Waals surface area contributed by atoms with Crippen LogP contribution in [0.4, 0.5) is 0 Å². The minimum atomic E-state index is -3.67. The minimum Gasteiger partial charge on any atom is -0.464 e. The third-order valence-electron chi connectivity index (χ3n) is 4.40. The summed E-state index contributed by atoms with van der Waals surface area (Å²) in [5.41, 5.74) is 0. The van der Waals surface area contributed by atoms with Crippen LogP contribution in [0.3, 0.4) is 0 Å². The van der Waals surface area contributed by atoms with Crippen molar-refractivity contribution < 1.29 is 17.6 Å². The Morgan fingerprint density at radius 2 is 1.96 bits per heavy atom. The molecule has 134 valence electrons. The highest BCUT2D eigenvalue weighted by Gasteiger charge is 2.40. The number of hydrogen-bond acceptors (Lipinski definition) is 4. The first-order valence-corrected chi connectivity index (χ1v) is 9.71. The Morgan fingerprint density at radius 1 is 1.24 bits per heavy atom. The van der Waals surface area contributed by atoms with E-state index in [0.29, 0.717) is 31.7 Å². The first-order chi connectivity index (χ1) is 11.9. The van der Waals surface area contributed by atoms with Crippen LogP contribution in [-0.4, -0.2) is 43.2 Å². The summed E-state index contributed by atoms with van der Waals surface area (Å²) in [5, 5.41) is 0. The number of aryl methyl sites for hydroxylation is 1. The van der Waals surface area contributed by atoms with Gasteiger partial charge in [-0.2, -0.15) is 4.31 Å². The van der Waals surface area contributed by atoms with Crippen LogP contribution in [0.15, 0.2) is 51.8 Å². The van der Waals surface area contributed by atoms with Crippen molar-refractivity contribution in [3.05, 3.63) is 54.0 Å². The average molecular weight is 362 g/mol. The van der Waals surface area contributed by atoms with Crippen LogP contribution < -0.4 is 0 Å². The molecular weight excluding hydrogens is 340 g/mol. The van der Waals surface area contributed by atoms with Gasteiger partial charge in [0.25, 0.3) is 0 Å². The lowest BCUT2D eigenvalue weighted by atomic mass is 10.2. The number of benzene rings is 1. The lowest BCUT2D eigenvalue weighted by Crippen LogP contribution is -2.46. The predicted octanol–water partition coefficient (Wildman–Crippen LogP) is 2.40. The zero-order valence-corrected chi connectivity index (χ0v) is 15.2. The Morgan fingerprint density at radius 3 is 2.60 bits per heavy atom. The van der Waals surface area contributed by atoms with Gasteiger partial charge >= 0.3 is 0 Å². The van der Waals surface area contributed by atoms with Crippen molar-refractivity contribution in [1.29, 1.82) is 0 Å². The van der Waals surface area contributed by atoms with E-state index in [1.54, 1.807) is 37.4 Å². The van der Waals surface area contributed by atoms with Crippen molar-refractivity contribution in [3.8, 4) is 0 Å². The molecule has 1 aromatic carbocycles. The fourth-order valence-corrected chi connectivity index (χ4v) is 4.81. The Labute approximate surface area is 148 Å². The summed E-state index contributed by atoms with van der Waals surface area (Å²) < 4.78 is 32.6. The average Bonchev–Trinajstić information content (AvgIpc) is 3.24. The first-order valence-electron chi connectivity index (χ1n) is 8.27. The Kier molecular flexibility index (Phi) is 4.96. The number of carbonyl (C=O) groups excluding carboxylic acids is 1. The predicted molar refractivity (Wildman–Crippen MR) is 93.3 cm³/mol. The van der Waals surface area contributed by atoms with Gasteiger partial charge in [0.15, 0.2) is 0 Å². The van der Waals surface area contributed by atoms with Crippen LogP contribution >= 0.6 is 0 Å². The van der Waals surface area contributed by atoms with E-state index >= 15 is 0 Å². The topological polar surface area (TPSA) is 70.8 Å². The van der Waals surface area contributed by atoms with Gasteiger partial charge in [-0.1, -0.05) is 18.2 Å². The Bertz CT molecular complexity index is 845. The summed E-state index contributed by atoms with van der Waals surface area (Å²) in [5.74, 6) is 1.26. The molecule has 1 saturated heterocycles. The normalized spacial score (nSPS) is 18.4. The zero-order chi connectivity index (χ0) is 18.0. The molecule has 1 atom stereocenters. The molecule has 1 aliphatic rings. The van der Waals surface area contributed by atoms with Crippen molar-refractivity contribution >= 4 is 15.9 Å². The number of carbonyl (C=O) groups is 1. The maximum absolute atomic E-state index is 12.9. The molecule has 0 radical (unpaired) electrons. The summed E-state index contributed by atoms with van der Waals surface area (Å²) in [6.07, 6.45) is 1.21. The highest BCUT2D eigenvalue weighted by molar-refractivity contribution is 7.89. The third kappa shape index (κ3) is 3.62. The van der Waals surface area contributed by atoms with Crippen molar-refractivity contribution in [2.45, 2.75) is 37.2 Å². The molecule has 7 heteroatoms. The number of nitrogens with zero attached hydrogens (tertiary/aromatic N) is 2. The summed E-state index contributed by atoms with van der Waals surface area (Å²) in [7, 11) is -2.00. The molecule has 1 amide bonds. The smallest absolute Gasteiger partial charge is 0.243 e. The van der Waals surface area contributed by atoms with E-state index in [-0.39, 0.29) is 10.8 Å². The van der Waals surface area contributed by atoms with Crippen molar-refractivity contribution in [3.63, 3.8) is 0 Å². The molecule has 0 N–H and O–H groups in total. The van der Waals surface area contributed by atoms with E-state index in [1.807, 2.05) is 19.1 Å². The Hall–Kier alpha value is -2.12. The highest BCUT2D eigenvalue weighted by atomic mass is 32.2. The van der Waals surface area contributed by atoms with Gasteiger partial charge in [-0.25, -0.2) is 8.42 Å². The molecule has 3 rings (SSSR count). The lowest BCUT2D eigenvalue weighted by Gasteiger charge is -2.27. The van der Waals surface area contributed by atoms with Gasteiger partial charge in [0.05, 0.1) is 11.4 Å². The Balaban J connectivity index is 1.77. The van der Waals surface area contributed by atoms with Crippen LogP contribution in [0.25, 0.3) is 0 Å². The van der Waals surface area contributed by atoms with Crippen LogP contribution in [0, 0.1) is 6.92 Å². The monoisotopic (exact) mass is 362 g/mol. The minimum absolute atomic E-state index is 0.203. The van der Waals surface area contributed by atoms with Gasteiger partial charge in [-0.3, -0.25) is 4.79 Å².